The summed E-state index contributed by atoms with van der Waals surface area (Å²) in [6.45, 7) is 1.61. The molecular formula is C15H16FNO4S. The Morgan fingerprint density at radius 3 is 2.36 bits per heavy atom. The number of hydrogen-bond donors (Lipinski definition) is 1. The van der Waals surface area contributed by atoms with Crippen LogP contribution >= 0.6 is 0 Å². The van der Waals surface area contributed by atoms with Gasteiger partial charge in [-0.3, -0.25) is 4.72 Å². The van der Waals surface area contributed by atoms with Crippen molar-refractivity contribution in [1.82, 2.24) is 0 Å². The van der Waals surface area contributed by atoms with Crippen molar-refractivity contribution >= 4 is 15.7 Å². The standard InChI is InChI=1S/C15H16FNO4S/c1-10-8-11(16)4-6-13(10)17-22(18,19)15-9-12(20-2)5-7-14(15)21-3/h4-9,17H,1-3H3. The van der Waals surface area contributed by atoms with E-state index in [1.54, 1.807) is 13.0 Å². The van der Waals surface area contributed by atoms with Crippen molar-refractivity contribution in [2.75, 3.05) is 18.9 Å². The molecule has 0 aliphatic heterocycles. The van der Waals surface area contributed by atoms with E-state index < -0.39 is 15.8 Å². The molecule has 1 N–H and O–H groups in total. The Morgan fingerprint density at radius 1 is 1.05 bits per heavy atom. The maximum atomic E-state index is 13.1. The zero-order valence-corrected chi connectivity index (χ0v) is 13.2. The maximum Gasteiger partial charge on any atom is 0.265 e. The molecular weight excluding hydrogens is 309 g/mol. The number of aryl methyl sites for hydroxylation is 1. The molecule has 7 heteroatoms. The molecule has 118 valence electrons. The van der Waals surface area contributed by atoms with E-state index in [0.29, 0.717) is 17.0 Å². The van der Waals surface area contributed by atoms with E-state index in [-0.39, 0.29) is 10.6 Å². The second-order valence-electron chi connectivity index (χ2n) is 4.58. The minimum atomic E-state index is -3.90. The van der Waals surface area contributed by atoms with Gasteiger partial charge < -0.3 is 9.47 Å². The second kappa shape index (κ2) is 6.23. The van der Waals surface area contributed by atoms with E-state index >= 15 is 0 Å². The van der Waals surface area contributed by atoms with Crippen LogP contribution in [0.25, 0.3) is 0 Å². The molecule has 0 saturated heterocycles. The first-order valence-corrected chi connectivity index (χ1v) is 7.86. The van der Waals surface area contributed by atoms with Crippen LogP contribution in [0.15, 0.2) is 41.3 Å². The van der Waals surface area contributed by atoms with E-state index in [2.05, 4.69) is 4.72 Å². The molecule has 0 amide bonds. The van der Waals surface area contributed by atoms with Crippen molar-refractivity contribution in [3.05, 3.63) is 47.8 Å². The van der Waals surface area contributed by atoms with Crippen LogP contribution in [0.4, 0.5) is 10.1 Å². The van der Waals surface area contributed by atoms with Crippen LogP contribution in [-0.4, -0.2) is 22.6 Å². The summed E-state index contributed by atoms with van der Waals surface area (Å²) < 4.78 is 50.8. The number of methoxy groups -OCH3 is 2. The quantitative estimate of drug-likeness (QED) is 0.918. The van der Waals surface area contributed by atoms with Gasteiger partial charge in [-0.2, -0.15) is 0 Å². The zero-order chi connectivity index (χ0) is 16.3. The van der Waals surface area contributed by atoms with Crippen LogP contribution < -0.4 is 14.2 Å². The van der Waals surface area contributed by atoms with Crippen LogP contribution in [0.1, 0.15) is 5.56 Å². The predicted molar refractivity (Wildman–Crippen MR) is 81.5 cm³/mol. The molecule has 2 aromatic rings. The smallest absolute Gasteiger partial charge is 0.265 e. The van der Waals surface area contributed by atoms with E-state index in [9.17, 15) is 12.8 Å². The van der Waals surface area contributed by atoms with Gasteiger partial charge in [-0.15, -0.1) is 0 Å². The molecule has 2 aromatic carbocycles. The molecule has 0 spiro atoms. The lowest BCUT2D eigenvalue weighted by Gasteiger charge is -2.14. The van der Waals surface area contributed by atoms with E-state index in [1.165, 1.54) is 44.6 Å². The summed E-state index contributed by atoms with van der Waals surface area (Å²) in [5.74, 6) is 0.143. The lowest BCUT2D eigenvalue weighted by atomic mass is 10.2. The van der Waals surface area contributed by atoms with Gasteiger partial charge in [0.1, 0.15) is 22.2 Å². The summed E-state index contributed by atoms with van der Waals surface area (Å²) in [5, 5.41) is 0. The lowest BCUT2D eigenvalue weighted by molar-refractivity contribution is 0.392. The number of sulfonamides is 1. The maximum absolute atomic E-state index is 13.1. The fourth-order valence-corrected chi connectivity index (χ4v) is 3.25. The largest absolute Gasteiger partial charge is 0.497 e. The van der Waals surface area contributed by atoms with Crippen LogP contribution in [-0.2, 0) is 10.0 Å². The molecule has 22 heavy (non-hydrogen) atoms. The first-order chi connectivity index (χ1) is 10.4. The molecule has 5 nitrogen and oxygen atoms in total. The number of nitrogens with one attached hydrogen (secondary N) is 1. The molecule has 0 aliphatic carbocycles. The van der Waals surface area contributed by atoms with Crippen LogP contribution in [0.2, 0.25) is 0 Å². The Morgan fingerprint density at radius 2 is 1.77 bits per heavy atom. The Kier molecular flexibility index (Phi) is 4.56. The molecule has 0 saturated carbocycles. The fraction of sp³-hybridized carbons (Fsp3) is 0.200. The number of ether oxygens (including phenoxy) is 2. The third-order valence-electron chi connectivity index (χ3n) is 3.09. The van der Waals surface area contributed by atoms with E-state index in [1.807, 2.05) is 0 Å². The molecule has 0 heterocycles. The first kappa shape index (κ1) is 16.1. The first-order valence-electron chi connectivity index (χ1n) is 6.38. The topological polar surface area (TPSA) is 64.6 Å². The lowest BCUT2D eigenvalue weighted by Crippen LogP contribution is -2.15. The highest BCUT2D eigenvalue weighted by molar-refractivity contribution is 7.92. The zero-order valence-electron chi connectivity index (χ0n) is 12.4. The van der Waals surface area contributed by atoms with Gasteiger partial charge in [0.25, 0.3) is 10.0 Å². The Balaban J connectivity index is 2.46. The number of hydrogen-bond acceptors (Lipinski definition) is 4. The van der Waals surface area contributed by atoms with Gasteiger partial charge in [0, 0.05) is 6.07 Å². The Labute approximate surface area is 128 Å². The van der Waals surface area contributed by atoms with Crippen molar-refractivity contribution in [2.24, 2.45) is 0 Å². The molecule has 0 fully saturated rings. The second-order valence-corrected chi connectivity index (χ2v) is 6.23. The van der Waals surface area contributed by atoms with Crippen LogP contribution in [0, 0.1) is 12.7 Å². The number of anilines is 1. The third-order valence-corrected chi connectivity index (χ3v) is 4.48. The fourth-order valence-electron chi connectivity index (χ4n) is 1.94. The molecule has 0 aromatic heterocycles. The molecule has 0 radical (unpaired) electrons. The Bertz CT molecular complexity index is 790. The van der Waals surface area contributed by atoms with E-state index in [4.69, 9.17) is 9.47 Å². The summed E-state index contributed by atoms with van der Waals surface area (Å²) >= 11 is 0. The number of rotatable bonds is 5. The molecule has 0 bridgehead atoms. The predicted octanol–water partition coefficient (Wildman–Crippen LogP) is 2.95. The van der Waals surface area contributed by atoms with Gasteiger partial charge in [0.15, 0.2) is 0 Å². The van der Waals surface area contributed by atoms with Gasteiger partial charge >= 0.3 is 0 Å². The summed E-state index contributed by atoms with van der Waals surface area (Å²) in [7, 11) is -1.08. The number of benzene rings is 2. The molecule has 0 atom stereocenters. The van der Waals surface area contributed by atoms with E-state index in [0.717, 1.165) is 0 Å². The summed E-state index contributed by atoms with van der Waals surface area (Å²) in [4.78, 5) is -0.0573. The normalized spacial score (nSPS) is 11.1. The summed E-state index contributed by atoms with van der Waals surface area (Å²) in [6.07, 6.45) is 0. The van der Waals surface area contributed by atoms with Gasteiger partial charge in [-0.1, -0.05) is 0 Å². The molecule has 0 aliphatic rings. The highest BCUT2D eigenvalue weighted by Crippen LogP contribution is 2.30. The average Bonchev–Trinajstić information content (AvgIpc) is 2.49. The Hall–Kier alpha value is -2.28. The minimum Gasteiger partial charge on any atom is -0.497 e. The van der Waals surface area contributed by atoms with Crippen LogP contribution in [0.5, 0.6) is 11.5 Å². The highest BCUT2D eigenvalue weighted by atomic mass is 32.2. The van der Waals surface area contributed by atoms with Crippen molar-refractivity contribution in [3.63, 3.8) is 0 Å². The summed E-state index contributed by atoms with van der Waals surface area (Å²) in [6, 6.07) is 8.27. The van der Waals surface area contributed by atoms with Crippen molar-refractivity contribution in [2.45, 2.75) is 11.8 Å². The van der Waals surface area contributed by atoms with Gasteiger partial charge in [0.2, 0.25) is 0 Å². The number of halogens is 1. The minimum absolute atomic E-state index is 0.0573. The SMILES string of the molecule is COc1ccc(OC)c(S(=O)(=O)Nc2ccc(F)cc2C)c1. The molecule has 2 rings (SSSR count). The van der Waals surface area contributed by atoms with Crippen molar-refractivity contribution in [1.29, 1.82) is 0 Å². The highest BCUT2D eigenvalue weighted by Gasteiger charge is 2.21. The van der Waals surface area contributed by atoms with Crippen LogP contribution in [0.3, 0.4) is 0 Å². The van der Waals surface area contributed by atoms with Gasteiger partial charge in [0.05, 0.1) is 19.9 Å². The van der Waals surface area contributed by atoms with Gasteiger partial charge in [-0.05, 0) is 42.8 Å². The monoisotopic (exact) mass is 325 g/mol. The van der Waals surface area contributed by atoms with Crippen molar-refractivity contribution < 1.29 is 22.3 Å². The summed E-state index contributed by atoms with van der Waals surface area (Å²) in [5.41, 5.74) is 0.775. The average molecular weight is 325 g/mol. The molecule has 0 unspecified atom stereocenters. The van der Waals surface area contributed by atoms with Gasteiger partial charge in [-0.25, -0.2) is 12.8 Å². The van der Waals surface area contributed by atoms with Crippen molar-refractivity contribution in [3.8, 4) is 11.5 Å². The third kappa shape index (κ3) is 3.30.